The summed E-state index contributed by atoms with van der Waals surface area (Å²) in [5.41, 5.74) is 0. The number of aliphatic hydroxyl groups excluding tert-OH is 2. The van der Waals surface area contributed by atoms with Gasteiger partial charge in [-0.25, -0.2) is 0 Å². The van der Waals surface area contributed by atoms with E-state index in [2.05, 4.69) is 11.8 Å². The molecule has 0 aliphatic rings. The topological polar surface area (TPSA) is 40.5 Å². The molecule has 2 N–H and O–H groups in total. The Kier molecular flexibility index (Phi) is 4.78. The van der Waals surface area contributed by atoms with Gasteiger partial charge in [0.25, 0.3) is 0 Å². The predicted molar refractivity (Wildman–Crippen MR) is 31.6 cm³/mol. The smallest absolute Gasteiger partial charge is 0.128 e. The first-order valence-electron chi connectivity index (χ1n) is 2.14. The summed E-state index contributed by atoms with van der Waals surface area (Å²) in [6.07, 6.45) is -0.802. The fraction of sp³-hybridized carbons (Fsp3) is 0.600. The van der Waals surface area contributed by atoms with Gasteiger partial charge in [-0.3, -0.25) is 0 Å². The zero-order valence-corrected chi connectivity index (χ0v) is 5.02. The molecule has 0 fully saturated rings. The minimum Gasteiger partial charge on any atom is -0.384 e. The monoisotopic (exact) mass is 134 g/mol. The molecule has 0 saturated heterocycles. The van der Waals surface area contributed by atoms with Gasteiger partial charge in [0.2, 0.25) is 0 Å². The summed E-state index contributed by atoms with van der Waals surface area (Å²) >= 11 is 5.15. The van der Waals surface area contributed by atoms with Gasteiger partial charge in [0.1, 0.15) is 12.7 Å². The molecule has 0 aromatic carbocycles. The van der Waals surface area contributed by atoms with E-state index in [1.165, 1.54) is 0 Å². The number of aliphatic hydroxyl groups is 2. The van der Waals surface area contributed by atoms with Crippen LogP contribution in [0.2, 0.25) is 0 Å². The van der Waals surface area contributed by atoms with Gasteiger partial charge in [0.15, 0.2) is 0 Å². The van der Waals surface area contributed by atoms with Gasteiger partial charge in [0.05, 0.1) is 5.88 Å². The molecule has 0 heterocycles. The molecule has 0 saturated carbocycles. The molecule has 0 aromatic heterocycles. The van der Waals surface area contributed by atoms with E-state index in [9.17, 15) is 0 Å². The Labute approximate surface area is 53.1 Å². The van der Waals surface area contributed by atoms with Crippen molar-refractivity contribution < 1.29 is 10.2 Å². The molecule has 0 aliphatic heterocycles. The Morgan fingerprint density at radius 3 is 2.62 bits per heavy atom. The van der Waals surface area contributed by atoms with Crippen LogP contribution in [0.15, 0.2) is 0 Å². The second-order valence-corrected chi connectivity index (χ2v) is 1.46. The van der Waals surface area contributed by atoms with Crippen LogP contribution in [0.1, 0.15) is 0 Å². The fourth-order valence-electron chi connectivity index (χ4n) is 0.202. The Bertz CT molecular complexity index is 103. The highest BCUT2D eigenvalue weighted by molar-refractivity contribution is 6.18. The maximum Gasteiger partial charge on any atom is 0.128 e. The zero-order chi connectivity index (χ0) is 6.41. The summed E-state index contributed by atoms with van der Waals surface area (Å²) < 4.78 is 0. The first kappa shape index (κ1) is 7.77. The van der Waals surface area contributed by atoms with Crippen LogP contribution in [-0.2, 0) is 0 Å². The van der Waals surface area contributed by atoms with E-state index in [4.69, 9.17) is 21.8 Å². The fourth-order valence-corrected chi connectivity index (χ4v) is 0.279. The van der Waals surface area contributed by atoms with Crippen LogP contribution in [-0.4, -0.2) is 28.8 Å². The highest BCUT2D eigenvalue weighted by atomic mass is 35.5. The SMILES string of the molecule is OCC#CC(O)CCl. The van der Waals surface area contributed by atoms with Crippen LogP contribution >= 0.6 is 11.6 Å². The largest absolute Gasteiger partial charge is 0.384 e. The number of rotatable bonds is 1. The lowest BCUT2D eigenvalue weighted by molar-refractivity contribution is 0.256. The van der Waals surface area contributed by atoms with Crippen molar-refractivity contribution in [1.82, 2.24) is 0 Å². The van der Waals surface area contributed by atoms with Gasteiger partial charge in [-0.15, -0.1) is 11.6 Å². The van der Waals surface area contributed by atoms with Crippen molar-refractivity contribution in [2.75, 3.05) is 12.5 Å². The molecular formula is C5H7ClO2. The van der Waals surface area contributed by atoms with Crippen LogP contribution in [0, 0.1) is 11.8 Å². The highest BCUT2D eigenvalue weighted by Gasteiger charge is 1.90. The van der Waals surface area contributed by atoms with E-state index >= 15 is 0 Å². The van der Waals surface area contributed by atoms with Crippen LogP contribution in [0.4, 0.5) is 0 Å². The molecule has 0 amide bonds. The Hall–Kier alpha value is -0.230. The molecule has 2 nitrogen and oxygen atoms in total. The molecule has 0 rings (SSSR count). The molecule has 0 radical (unpaired) electrons. The van der Waals surface area contributed by atoms with Crippen molar-refractivity contribution in [3.63, 3.8) is 0 Å². The van der Waals surface area contributed by atoms with Crippen molar-refractivity contribution in [3.8, 4) is 11.8 Å². The molecular weight excluding hydrogens is 128 g/mol. The van der Waals surface area contributed by atoms with Crippen LogP contribution in [0.3, 0.4) is 0 Å². The van der Waals surface area contributed by atoms with Crippen LogP contribution < -0.4 is 0 Å². The van der Waals surface area contributed by atoms with E-state index in [1.54, 1.807) is 0 Å². The normalized spacial score (nSPS) is 11.9. The standard InChI is InChI=1S/C5H7ClO2/c6-4-5(8)2-1-3-7/h5,7-8H,3-4H2. The van der Waals surface area contributed by atoms with Gasteiger partial charge in [-0.1, -0.05) is 11.8 Å². The van der Waals surface area contributed by atoms with Crippen molar-refractivity contribution in [3.05, 3.63) is 0 Å². The molecule has 8 heavy (non-hydrogen) atoms. The molecule has 0 bridgehead atoms. The molecule has 0 aliphatic carbocycles. The summed E-state index contributed by atoms with van der Waals surface area (Å²) in [6.45, 7) is -0.228. The van der Waals surface area contributed by atoms with Crippen molar-refractivity contribution in [1.29, 1.82) is 0 Å². The Morgan fingerprint density at radius 1 is 1.62 bits per heavy atom. The Morgan fingerprint density at radius 2 is 2.25 bits per heavy atom. The van der Waals surface area contributed by atoms with Gasteiger partial charge in [0, 0.05) is 0 Å². The molecule has 3 heteroatoms. The lowest BCUT2D eigenvalue weighted by atomic mass is 10.4. The number of halogens is 1. The third kappa shape index (κ3) is 3.94. The highest BCUT2D eigenvalue weighted by Crippen LogP contribution is 1.82. The van der Waals surface area contributed by atoms with Crippen molar-refractivity contribution in [2.45, 2.75) is 6.10 Å². The van der Waals surface area contributed by atoms with E-state index in [0.717, 1.165) is 0 Å². The molecule has 1 atom stereocenters. The van der Waals surface area contributed by atoms with Crippen molar-refractivity contribution >= 4 is 11.6 Å². The van der Waals surface area contributed by atoms with E-state index in [0.29, 0.717) is 0 Å². The van der Waals surface area contributed by atoms with Crippen LogP contribution in [0.25, 0.3) is 0 Å². The summed E-state index contributed by atoms with van der Waals surface area (Å²) in [5.74, 6) is 4.67. The van der Waals surface area contributed by atoms with Gasteiger partial charge in [-0.05, 0) is 0 Å². The van der Waals surface area contributed by atoms with Crippen molar-refractivity contribution in [2.24, 2.45) is 0 Å². The second kappa shape index (κ2) is 4.92. The van der Waals surface area contributed by atoms with E-state index in [1.807, 2.05) is 0 Å². The van der Waals surface area contributed by atoms with E-state index < -0.39 is 6.10 Å². The molecule has 46 valence electrons. The maximum absolute atomic E-state index is 8.57. The maximum atomic E-state index is 8.57. The lowest BCUT2D eigenvalue weighted by Gasteiger charge is -1.90. The third-order valence-corrected chi connectivity index (χ3v) is 0.786. The van der Waals surface area contributed by atoms with Gasteiger partial charge < -0.3 is 10.2 Å². The Balaban J connectivity index is 3.35. The lowest BCUT2D eigenvalue weighted by Crippen LogP contribution is -2.03. The average molecular weight is 135 g/mol. The minimum atomic E-state index is -0.802. The van der Waals surface area contributed by atoms with E-state index in [-0.39, 0.29) is 12.5 Å². The summed E-state index contributed by atoms with van der Waals surface area (Å²) in [4.78, 5) is 0. The summed E-state index contributed by atoms with van der Waals surface area (Å²) in [7, 11) is 0. The molecule has 0 spiro atoms. The first-order valence-corrected chi connectivity index (χ1v) is 2.68. The van der Waals surface area contributed by atoms with Gasteiger partial charge >= 0.3 is 0 Å². The zero-order valence-electron chi connectivity index (χ0n) is 4.26. The summed E-state index contributed by atoms with van der Waals surface area (Å²) in [5, 5.41) is 16.7. The first-order chi connectivity index (χ1) is 3.81. The third-order valence-electron chi connectivity index (χ3n) is 0.494. The number of hydrogen-bond acceptors (Lipinski definition) is 2. The average Bonchev–Trinajstić information content (AvgIpc) is 1.83. The number of alkyl halides is 1. The second-order valence-electron chi connectivity index (χ2n) is 1.15. The summed E-state index contributed by atoms with van der Waals surface area (Å²) in [6, 6.07) is 0. The molecule has 1 unspecified atom stereocenters. The quantitative estimate of drug-likeness (QED) is 0.378. The van der Waals surface area contributed by atoms with Crippen LogP contribution in [0.5, 0.6) is 0 Å². The molecule has 0 aromatic rings. The number of hydrogen-bond donors (Lipinski definition) is 2. The van der Waals surface area contributed by atoms with Gasteiger partial charge in [-0.2, -0.15) is 0 Å². The predicted octanol–water partition coefficient (Wildman–Crippen LogP) is -0.418. The minimum absolute atomic E-state index is 0.0903.